The molecular formula is C6H13NO2S. The third-order valence-corrected chi connectivity index (χ3v) is 2.50. The Morgan fingerprint density at radius 3 is 2.50 bits per heavy atom. The molecule has 0 aromatic heterocycles. The van der Waals surface area contributed by atoms with Gasteiger partial charge in [-0.1, -0.05) is 13.8 Å². The lowest BCUT2D eigenvalue weighted by Gasteiger charge is -2.06. The fraction of sp³-hybridized carbons (Fsp3) is 1.00. The molecule has 10 heavy (non-hydrogen) atoms. The van der Waals surface area contributed by atoms with Gasteiger partial charge in [-0.05, 0) is 12.2 Å². The molecule has 1 atom stereocenters. The Balaban J connectivity index is 3.49. The molecule has 0 aromatic carbocycles. The minimum Gasteiger partial charge on any atom is -0.265 e. The first-order chi connectivity index (χ1) is 4.70. The Bertz CT molecular complexity index is 108. The monoisotopic (exact) mass is 163 g/mol. The molecule has 4 heteroatoms. The molecule has 0 aliphatic rings. The molecule has 0 aliphatic carbocycles. The van der Waals surface area contributed by atoms with Gasteiger partial charge in [-0.15, -0.1) is 0 Å². The average molecular weight is 163 g/mol. The Morgan fingerprint density at radius 2 is 2.20 bits per heavy atom. The summed E-state index contributed by atoms with van der Waals surface area (Å²) in [5.41, 5.74) is 0. The topological polar surface area (TPSA) is 43.1 Å². The Labute approximate surface area is 65.3 Å². The third-order valence-electron chi connectivity index (χ3n) is 1.21. The number of hydrogen-bond donors (Lipinski definition) is 0. The number of thioether (sulfide) groups is 1. The van der Waals surface area contributed by atoms with Gasteiger partial charge in [0.05, 0.1) is 5.25 Å². The number of hydrogen-bond acceptors (Lipinski definition) is 3. The summed E-state index contributed by atoms with van der Waals surface area (Å²) in [6.07, 6.45) is 0.888. The van der Waals surface area contributed by atoms with E-state index in [1.807, 2.05) is 13.8 Å². The van der Waals surface area contributed by atoms with Crippen LogP contribution in [-0.4, -0.2) is 22.5 Å². The molecule has 0 aromatic rings. The lowest BCUT2D eigenvalue weighted by molar-refractivity contribution is -0.479. The van der Waals surface area contributed by atoms with Crippen LogP contribution in [0.3, 0.4) is 0 Å². The van der Waals surface area contributed by atoms with E-state index in [0.717, 1.165) is 12.2 Å². The van der Waals surface area contributed by atoms with Gasteiger partial charge in [0.1, 0.15) is 0 Å². The molecule has 0 heterocycles. The van der Waals surface area contributed by atoms with E-state index >= 15 is 0 Å². The van der Waals surface area contributed by atoms with Crippen molar-refractivity contribution >= 4 is 11.8 Å². The summed E-state index contributed by atoms with van der Waals surface area (Å²) in [5, 5.41) is 10.2. The minimum absolute atomic E-state index is 0.106. The second kappa shape index (κ2) is 5.53. The molecule has 0 amide bonds. The molecule has 60 valence electrons. The standard InChI is InChI=1S/C6H13NO2S/c1-3-6(10-4-2)5-7(8)9/h6H,3-5H2,1-2H3. The van der Waals surface area contributed by atoms with Gasteiger partial charge in [-0.2, -0.15) is 11.8 Å². The van der Waals surface area contributed by atoms with Crippen LogP contribution in [0.4, 0.5) is 0 Å². The highest BCUT2D eigenvalue weighted by atomic mass is 32.2. The first kappa shape index (κ1) is 9.75. The largest absolute Gasteiger partial charge is 0.265 e. The molecule has 0 fully saturated rings. The van der Waals surface area contributed by atoms with Crippen molar-refractivity contribution in [3.05, 3.63) is 10.1 Å². The summed E-state index contributed by atoms with van der Waals surface area (Å²) in [7, 11) is 0. The predicted molar refractivity (Wildman–Crippen MR) is 44.1 cm³/mol. The Hall–Kier alpha value is -0.250. The number of rotatable bonds is 5. The van der Waals surface area contributed by atoms with Crippen LogP contribution in [0.15, 0.2) is 0 Å². The summed E-state index contributed by atoms with van der Waals surface area (Å²) in [5.74, 6) is 0.965. The van der Waals surface area contributed by atoms with Crippen molar-refractivity contribution in [3.8, 4) is 0 Å². The molecule has 0 saturated heterocycles. The summed E-state index contributed by atoms with van der Waals surface area (Å²) in [6, 6.07) is 0. The van der Waals surface area contributed by atoms with Crippen LogP contribution in [-0.2, 0) is 0 Å². The second-order valence-corrected chi connectivity index (χ2v) is 3.58. The van der Waals surface area contributed by atoms with Crippen molar-refractivity contribution in [2.45, 2.75) is 25.5 Å². The van der Waals surface area contributed by atoms with E-state index in [2.05, 4.69) is 0 Å². The van der Waals surface area contributed by atoms with Crippen molar-refractivity contribution in [1.82, 2.24) is 0 Å². The zero-order valence-corrected chi connectivity index (χ0v) is 7.19. The first-order valence-electron chi connectivity index (χ1n) is 3.44. The van der Waals surface area contributed by atoms with Crippen LogP contribution in [0, 0.1) is 10.1 Å². The Kier molecular flexibility index (Phi) is 5.39. The van der Waals surface area contributed by atoms with Crippen molar-refractivity contribution in [2.24, 2.45) is 0 Å². The van der Waals surface area contributed by atoms with Gasteiger partial charge in [0, 0.05) is 4.92 Å². The van der Waals surface area contributed by atoms with Crippen molar-refractivity contribution < 1.29 is 4.92 Å². The minimum atomic E-state index is -0.239. The van der Waals surface area contributed by atoms with E-state index in [-0.39, 0.29) is 16.7 Å². The van der Waals surface area contributed by atoms with Gasteiger partial charge in [0.15, 0.2) is 0 Å². The van der Waals surface area contributed by atoms with Gasteiger partial charge >= 0.3 is 0 Å². The summed E-state index contributed by atoms with van der Waals surface area (Å²) in [6.45, 7) is 4.11. The fourth-order valence-corrected chi connectivity index (χ4v) is 1.64. The summed E-state index contributed by atoms with van der Waals surface area (Å²) in [4.78, 5) is 9.80. The molecule has 0 N–H and O–H groups in total. The average Bonchev–Trinajstić information content (AvgIpc) is 1.86. The highest BCUT2D eigenvalue weighted by Gasteiger charge is 2.11. The molecule has 3 nitrogen and oxygen atoms in total. The van der Waals surface area contributed by atoms with Crippen molar-refractivity contribution in [3.63, 3.8) is 0 Å². The molecule has 0 spiro atoms. The highest BCUT2D eigenvalue weighted by molar-refractivity contribution is 7.99. The number of nitro groups is 1. The molecule has 1 unspecified atom stereocenters. The zero-order chi connectivity index (χ0) is 7.98. The van der Waals surface area contributed by atoms with E-state index in [4.69, 9.17) is 0 Å². The molecular weight excluding hydrogens is 150 g/mol. The second-order valence-electron chi connectivity index (χ2n) is 2.00. The van der Waals surface area contributed by atoms with E-state index < -0.39 is 0 Å². The molecule has 0 rings (SSSR count). The van der Waals surface area contributed by atoms with Crippen LogP contribution >= 0.6 is 11.8 Å². The molecule has 0 radical (unpaired) electrons. The van der Waals surface area contributed by atoms with Gasteiger partial charge in [-0.25, -0.2) is 0 Å². The molecule has 0 bridgehead atoms. The normalized spacial score (nSPS) is 13.0. The molecule has 0 aliphatic heterocycles. The highest BCUT2D eigenvalue weighted by Crippen LogP contribution is 2.13. The van der Waals surface area contributed by atoms with Gasteiger partial charge in [-0.3, -0.25) is 10.1 Å². The van der Waals surface area contributed by atoms with Crippen LogP contribution < -0.4 is 0 Å². The van der Waals surface area contributed by atoms with Gasteiger partial charge < -0.3 is 0 Å². The third kappa shape index (κ3) is 4.61. The van der Waals surface area contributed by atoms with Crippen LogP contribution in [0.25, 0.3) is 0 Å². The quantitative estimate of drug-likeness (QED) is 0.458. The smallest absolute Gasteiger partial charge is 0.215 e. The Morgan fingerprint density at radius 1 is 1.60 bits per heavy atom. The van der Waals surface area contributed by atoms with E-state index in [1.165, 1.54) is 0 Å². The van der Waals surface area contributed by atoms with E-state index in [1.54, 1.807) is 11.8 Å². The van der Waals surface area contributed by atoms with E-state index in [0.29, 0.717) is 0 Å². The van der Waals surface area contributed by atoms with Crippen LogP contribution in [0.2, 0.25) is 0 Å². The van der Waals surface area contributed by atoms with Gasteiger partial charge in [0.25, 0.3) is 0 Å². The zero-order valence-electron chi connectivity index (χ0n) is 6.37. The van der Waals surface area contributed by atoms with Gasteiger partial charge in [0.2, 0.25) is 6.54 Å². The van der Waals surface area contributed by atoms with E-state index in [9.17, 15) is 10.1 Å². The fourth-order valence-electron chi connectivity index (χ4n) is 0.702. The van der Waals surface area contributed by atoms with Crippen molar-refractivity contribution in [2.75, 3.05) is 12.3 Å². The maximum absolute atomic E-state index is 10.0. The summed E-state index contributed by atoms with van der Waals surface area (Å²) < 4.78 is 0. The summed E-state index contributed by atoms with van der Waals surface area (Å²) >= 11 is 1.66. The maximum atomic E-state index is 10.0. The SMILES string of the molecule is CCSC(CC)C[N+](=O)[O-]. The molecule has 0 saturated carbocycles. The lowest BCUT2D eigenvalue weighted by atomic mass is 10.3. The van der Waals surface area contributed by atoms with Crippen LogP contribution in [0.1, 0.15) is 20.3 Å². The maximum Gasteiger partial charge on any atom is 0.215 e. The van der Waals surface area contributed by atoms with Crippen molar-refractivity contribution in [1.29, 1.82) is 0 Å². The lowest BCUT2D eigenvalue weighted by Crippen LogP contribution is -2.15. The first-order valence-corrected chi connectivity index (χ1v) is 4.49. The van der Waals surface area contributed by atoms with Crippen LogP contribution in [0.5, 0.6) is 0 Å². The predicted octanol–water partition coefficient (Wildman–Crippen LogP) is 1.79. The number of nitrogens with zero attached hydrogens (tertiary/aromatic N) is 1.